The minimum Gasteiger partial charge on any atom is -0.361 e. The van der Waals surface area contributed by atoms with Crippen molar-refractivity contribution in [3.8, 4) is 16.8 Å². The Bertz CT molecular complexity index is 1240. The van der Waals surface area contributed by atoms with E-state index in [1.54, 1.807) is 29.7 Å². The molecule has 6 heteroatoms. The number of halogens is 2. The van der Waals surface area contributed by atoms with Gasteiger partial charge in [-0.15, -0.1) is 0 Å². The molecule has 0 amide bonds. The smallest absolute Gasteiger partial charge is 0.189 e. The van der Waals surface area contributed by atoms with Crippen LogP contribution in [0.4, 0.5) is 4.39 Å². The summed E-state index contributed by atoms with van der Waals surface area (Å²) >= 11 is 3.29. The molecule has 2 aromatic carbocycles. The molecule has 27 heavy (non-hydrogen) atoms. The second kappa shape index (κ2) is 6.46. The zero-order chi connectivity index (χ0) is 19.3. The fourth-order valence-corrected chi connectivity index (χ4v) is 3.81. The van der Waals surface area contributed by atoms with Crippen molar-refractivity contribution in [1.29, 1.82) is 0 Å². The molecule has 4 nitrogen and oxygen atoms in total. The molecule has 0 aliphatic heterocycles. The molecule has 136 valence electrons. The maximum absolute atomic E-state index is 14.7. The van der Waals surface area contributed by atoms with Crippen molar-refractivity contribution in [3.05, 3.63) is 80.1 Å². The van der Waals surface area contributed by atoms with Gasteiger partial charge in [0.2, 0.25) is 0 Å². The van der Waals surface area contributed by atoms with Crippen molar-refractivity contribution in [2.24, 2.45) is 0 Å². The number of hydrogen-bond acceptors (Lipinski definition) is 3. The summed E-state index contributed by atoms with van der Waals surface area (Å²) in [6.45, 7) is 5.51. The fourth-order valence-electron chi connectivity index (χ4n) is 3.48. The first-order valence-electron chi connectivity index (χ1n) is 8.42. The van der Waals surface area contributed by atoms with Gasteiger partial charge in [-0.3, -0.25) is 4.79 Å². The van der Waals surface area contributed by atoms with Crippen LogP contribution in [0.5, 0.6) is 0 Å². The van der Waals surface area contributed by atoms with Crippen LogP contribution in [-0.2, 0) is 0 Å². The predicted octanol–water partition coefficient (Wildman–Crippen LogP) is 5.47. The third kappa shape index (κ3) is 2.90. The first-order valence-corrected chi connectivity index (χ1v) is 9.21. The highest BCUT2D eigenvalue weighted by molar-refractivity contribution is 9.10. The quantitative estimate of drug-likeness (QED) is 0.426. The van der Waals surface area contributed by atoms with E-state index in [1.807, 2.05) is 26.0 Å². The molecule has 0 N–H and O–H groups in total. The second-order valence-electron chi connectivity index (χ2n) is 6.51. The van der Waals surface area contributed by atoms with E-state index in [2.05, 4.69) is 21.1 Å². The summed E-state index contributed by atoms with van der Waals surface area (Å²) in [7, 11) is 0. The highest BCUT2D eigenvalue weighted by Crippen LogP contribution is 2.31. The Hall–Kier alpha value is -2.73. The van der Waals surface area contributed by atoms with E-state index in [4.69, 9.17) is 4.52 Å². The van der Waals surface area contributed by atoms with E-state index in [0.717, 1.165) is 16.8 Å². The average Bonchev–Trinajstić information content (AvgIpc) is 2.94. The van der Waals surface area contributed by atoms with Gasteiger partial charge < -0.3 is 9.09 Å². The second-order valence-corrected chi connectivity index (χ2v) is 7.43. The Morgan fingerprint density at radius 2 is 1.85 bits per heavy atom. The minimum atomic E-state index is -0.375. The van der Waals surface area contributed by atoms with Crippen LogP contribution in [0.3, 0.4) is 0 Å². The number of pyridine rings is 1. The summed E-state index contributed by atoms with van der Waals surface area (Å²) in [5, 5.41) is 4.53. The van der Waals surface area contributed by atoms with E-state index in [9.17, 15) is 9.18 Å². The van der Waals surface area contributed by atoms with E-state index < -0.39 is 0 Å². The Kier molecular flexibility index (Phi) is 4.23. The lowest BCUT2D eigenvalue weighted by Gasteiger charge is -2.16. The maximum atomic E-state index is 14.7. The highest BCUT2D eigenvalue weighted by atomic mass is 79.9. The Balaban J connectivity index is 2.09. The largest absolute Gasteiger partial charge is 0.361 e. The molecule has 0 fully saturated rings. The van der Waals surface area contributed by atoms with E-state index in [1.165, 1.54) is 12.1 Å². The minimum absolute atomic E-state index is 0.0958. The Morgan fingerprint density at radius 3 is 2.52 bits per heavy atom. The average molecular weight is 427 g/mol. The summed E-state index contributed by atoms with van der Waals surface area (Å²) in [5.41, 5.74) is 4.11. The molecular formula is C21H16BrFN2O2. The zero-order valence-corrected chi connectivity index (χ0v) is 16.6. The van der Waals surface area contributed by atoms with Crippen LogP contribution in [0, 0.1) is 26.6 Å². The van der Waals surface area contributed by atoms with Gasteiger partial charge in [0.25, 0.3) is 0 Å². The van der Waals surface area contributed by atoms with Gasteiger partial charge in [0.05, 0.1) is 16.9 Å². The van der Waals surface area contributed by atoms with Crippen molar-refractivity contribution in [1.82, 2.24) is 9.72 Å². The fraction of sp³-hybridized carbons (Fsp3) is 0.143. The van der Waals surface area contributed by atoms with Crippen molar-refractivity contribution < 1.29 is 8.91 Å². The van der Waals surface area contributed by atoms with Crippen molar-refractivity contribution in [2.75, 3.05) is 0 Å². The van der Waals surface area contributed by atoms with Crippen LogP contribution in [0.25, 0.3) is 27.7 Å². The van der Waals surface area contributed by atoms with Crippen LogP contribution in [0.2, 0.25) is 0 Å². The number of rotatable bonds is 2. The van der Waals surface area contributed by atoms with Gasteiger partial charge in [-0.25, -0.2) is 4.39 Å². The van der Waals surface area contributed by atoms with Crippen molar-refractivity contribution in [3.63, 3.8) is 0 Å². The van der Waals surface area contributed by atoms with E-state index >= 15 is 0 Å². The normalized spacial score (nSPS) is 11.3. The molecule has 4 aromatic rings. The maximum Gasteiger partial charge on any atom is 0.189 e. The third-order valence-corrected chi connectivity index (χ3v) is 5.16. The number of fused-ring (bicyclic) bond motifs is 1. The molecule has 0 saturated heterocycles. The van der Waals surface area contributed by atoms with Gasteiger partial charge in [0, 0.05) is 27.2 Å². The summed E-state index contributed by atoms with van der Waals surface area (Å²) in [4.78, 5) is 12.5. The van der Waals surface area contributed by atoms with Crippen LogP contribution in [0.1, 0.15) is 17.1 Å². The number of aryl methyl sites for hydroxylation is 3. The van der Waals surface area contributed by atoms with Gasteiger partial charge in [-0.05, 0) is 56.7 Å². The van der Waals surface area contributed by atoms with Crippen molar-refractivity contribution in [2.45, 2.75) is 20.8 Å². The molecular weight excluding hydrogens is 411 g/mol. The number of nitrogens with zero attached hydrogens (tertiary/aromatic N) is 2. The van der Waals surface area contributed by atoms with Crippen LogP contribution < -0.4 is 5.43 Å². The van der Waals surface area contributed by atoms with Crippen LogP contribution in [-0.4, -0.2) is 9.72 Å². The number of aromatic nitrogens is 2. The number of benzene rings is 2. The molecule has 0 aliphatic carbocycles. The molecule has 2 aromatic heterocycles. The molecule has 0 spiro atoms. The molecule has 4 rings (SSSR count). The lowest BCUT2D eigenvalue weighted by atomic mass is 10.0. The third-order valence-electron chi connectivity index (χ3n) is 4.67. The van der Waals surface area contributed by atoms with Gasteiger partial charge in [0.15, 0.2) is 5.43 Å². The summed E-state index contributed by atoms with van der Waals surface area (Å²) in [6, 6.07) is 11.9. The van der Waals surface area contributed by atoms with Crippen LogP contribution in [0.15, 0.2) is 56.3 Å². The molecule has 0 unspecified atom stereocenters. The summed E-state index contributed by atoms with van der Waals surface area (Å²) in [5.74, 6) is 0.323. The summed E-state index contributed by atoms with van der Waals surface area (Å²) < 4.78 is 22.4. The van der Waals surface area contributed by atoms with E-state index in [0.29, 0.717) is 32.5 Å². The van der Waals surface area contributed by atoms with Crippen molar-refractivity contribution >= 4 is 26.8 Å². The summed E-state index contributed by atoms with van der Waals surface area (Å²) in [6.07, 6.45) is 0. The first-order chi connectivity index (χ1) is 12.9. The molecule has 0 aliphatic rings. The molecule has 0 saturated carbocycles. The Labute approximate surface area is 163 Å². The first kappa shape index (κ1) is 17.7. The Morgan fingerprint density at radius 1 is 1.07 bits per heavy atom. The molecule has 0 atom stereocenters. The SMILES string of the molecule is Cc1noc(C)c1-c1ccc2c(=O)cc(C)n(-c3ccc(Br)cc3F)c2c1. The molecule has 0 bridgehead atoms. The van der Waals surface area contributed by atoms with Gasteiger partial charge >= 0.3 is 0 Å². The van der Waals surface area contributed by atoms with Crippen LogP contribution >= 0.6 is 15.9 Å². The lowest BCUT2D eigenvalue weighted by molar-refractivity contribution is 0.393. The zero-order valence-electron chi connectivity index (χ0n) is 15.0. The highest BCUT2D eigenvalue weighted by Gasteiger charge is 2.16. The van der Waals surface area contributed by atoms with Gasteiger partial charge in [-0.2, -0.15) is 0 Å². The van der Waals surface area contributed by atoms with Gasteiger partial charge in [0.1, 0.15) is 11.6 Å². The molecule has 2 heterocycles. The molecule has 0 radical (unpaired) electrons. The standard InChI is InChI=1S/C21H16BrFN2O2/c1-11-8-20(26)16-6-4-14(21-12(2)24-27-13(21)3)9-19(16)25(11)18-7-5-15(22)10-17(18)23/h4-10H,1-3H3. The predicted molar refractivity (Wildman–Crippen MR) is 107 cm³/mol. The lowest BCUT2D eigenvalue weighted by Crippen LogP contribution is -2.12. The topological polar surface area (TPSA) is 48.0 Å². The monoisotopic (exact) mass is 426 g/mol. The van der Waals surface area contributed by atoms with E-state index in [-0.39, 0.29) is 11.2 Å². The van der Waals surface area contributed by atoms with Gasteiger partial charge in [-0.1, -0.05) is 27.2 Å². The number of hydrogen-bond donors (Lipinski definition) is 0.